The van der Waals surface area contributed by atoms with Gasteiger partial charge in [0.15, 0.2) is 11.5 Å². The molecule has 5 rings (SSSR count). The predicted octanol–water partition coefficient (Wildman–Crippen LogP) is 4.42. The molecule has 31 heavy (non-hydrogen) atoms. The Balaban J connectivity index is 1.30. The summed E-state index contributed by atoms with van der Waals surface area (Å²) in [6.07, 6.45) is 2.29. The minimum absolute atomic E-state index is 0.0534. The average Bonchev–Trinajstić information content (AvgIpc) is 3.39. The van der Waals surface area contributed by atoms with Gasteiger partial charge in [0.1, 0.15) is 5.82 Å². The summed E-state index contributed by atoms with van der Waals surface area (Å²) in [5.41, 5.74) is 3.96. The van der Waals surface area contributed by atoms with Crippen LogP contribution in [-0.4, -0.2) is 17.3 Å². The van der Waals surface area contributed by atoms with E-state index in [0.29, 0.717) is 18.8 Å². The number of fused-ring (bicyclic) bond motifs is 2. The zero-order valence-corrected chi connectivity index (χ0v) is 16.8. The Labute approximate surface area is 179 Å². The van der Waals surface area contributed by atoms with Crippen LogP contribution >= 0.6 is 0 Å². The molecule has 4 aromatic rings. The smallest absolute Gasteiger partial charge is 0.231 e. The minimum atomic E-state index is -0.249. The van der Waals surface area contributed by atoms with Crippen molar-refractivity contribution in [3.63, 3.8) is 0 Å². The van der Waals surface area contributed by atoms with Crippen LogP contribution < -0.4 is 14.8 Å². The average molecular weight is 416 g/mol. The van der Waals surface area contributed by atoms with Crippen molar-refractivity contribution >= 4 is 16.8 Å². The number of amides is 1. The second-order valence-corrected chi connectivity index (χ2v) is 7.57. The van der Waals surface area contributed by atoms with Crippen molar-refractivity contribution in [1.82, 2.24) is 9.88 Å². The Hall–Kier alpha value is -3.80. The number of ether oxygens (including phenoxy) is 2. The van der Waals surface area contributed by atoms with Gasteiger partial charge >= 0.3 is 0 Å². The summed E-state index contributed by atoms with van der Waals surface area (Å²) in [4.78, 5) is 12.7. The van der Waals surface area contributed by atoms with Crippen LogP contribution in [0.1, 0.15) is 16.7 Å². The van der Waals surface area contributed by atoms with Crippen molar-refractivity contribution < 1.29 is 18.7 Å². The summed E-state index contributed by atoms with van der Waals surface area (Å²) in [7, 11) is 0. The lowest BCUT2D eigenvalue weighted by atomic mass is 10.1. The van der Waals surface area contributed by atoms with E-state index in [0.717, 1.165) is 33.3 Å². The number of halogens is 1. The highest BCUT2D eigenvalue weighted by Gasteiger charge is 2.15. The number of nitrogens with zero attached hydrogens (tertiary/aromatic N) is 1. The molecule has 1 amide bonds. The molecule has 3 aromatic carbocycles. The molecule has 0 radical (unpaired) electrons. The molecule has 0 aliphatic carbocycles. The summed E-state index contributed by atoms with van der Waals surface area (Å²) in [6, 6.07) is 20.2. The van der Waals surface area contributed by atoms with E-state index in [4.69, 9.17) is 9.47 Å². The number of nitrogens with one attached hydrogen (secondary N) is 1. The van der Waals surface area contributed by atoms with Crippen LogP contribution in [0.2, 0.25) is 0 Å². The first-order chi connectivity index (χ1) is 15.2. The molecule has 0 bridgehead atoms. The van der Waals surface area contributed by atoms with E-state index in [1.54, 1.807) is 12.1 Å². The van der Waals surface area contributed by atoms with Crippen LogP contribution in [0.3, 0.4) is 0 Å². The molecule has 0 saturated carbocycles. The molecule has 0 atom stereocenters. The molecule has 1 aromatic heterocycles. The van der Waals surface area contributed by atoms with E-state index >= 15 is 0 Å². The van der Waals surface area contributed by atoms with Gasteiger partial charge in [-0.3, -0.25) is 4.79 Å². The standard InChI is InChI=1S/C25H21FN2O3/c26-20-8-5-17(6-9-20)14-28-15-19(21-3-1-2-4-22(21)28)12-25(29)27-13-18-7-10-23-24(11-18)31-16-30-23/h1-11,15H,12-14,16H2,(H,27,29). The number of rotatable bonds is 6. The van der Waals surface area contributed by atoms with Crippen molar-refractivity contribution in [2.75, 3.05) is 6.79 Å². The number of benzene rings is 3. The molecule has 1 aliphatic rings. The number of aromatic nitrogens is 1. The first-order valence-electron chi connectivity index (χ1n) is 10.1. The summed E-state index contributed by atoms with van der Waals surface area (Å²) in [5.74, 6) is 1.13. The Morgan fingerprint density at radius 2 is 1.74 bits per heavy atom. The van der Waals surface area contributed by atoms with E-state index in [-0.39, 0.29) is 24.9 Å². The largest absolute Gasteiger partial charge is 0.454 e. The quantitative estimate of drug-likeness (QED) is 0.506. The van der Waals surface area contributed by atoms with E-state index in [1.807, 2.05) is 48.7 Å². The van der Waals surface area contributed by atoms with Crippen molar-refractivity contribution in [2.24, 2.45) is 0 Å². The number of hydrogen-bond donors (Lipinski definition) is 1. The number of hydrogen-bond acceptors (Lipinski definition) is 3. The van der Waals surface area contributed by atoms with E-state index < -0.39 is 0 Å². The van der Waals surface area contributed by atoms with Crippen molar-refractivity contribution in [3.8, 4) is 11.5 Å². The molecule has 5 nitrogen and oxygen atoms in total. The van der Waals surface area contributed by atoms with Gasteiger partial charge in [-0.1, -0.05) is 36.4 Å². The lowest BCUT2D eigenvalue weighted by Crippen LogP contribution is -2.24. The molecular weight excluding hydrogens is 395 g/mol. The second kappa shape index (κ2) is 8.14. The number of para-hydroxylation sites is 1. The highest BCUT2D eigenvalue weighted by molar-refractivity contribution is 5.89. The molecule has 156 valence electrons. The molecular formula is C25H21FN2O3. The molecule has 0 spiro atoms. The molecule has 1 N–H and O–H groups in total. The summed E-state index contributed by atoms with van der Waals surface area (Å²) in [5, 5.41) is 4.03. The van der Waals surface area contributed by atoms with Gasteiger partial charge in [-0.05, 0) is 47.0 Å². The van der Waals surface area contributed by atoms with E-state index in [1.165, 1.54) is 12.1 Å². The maximum absolute atomic E-state index is 13.2. The van der Waals surface area contributed by atoms with Gasteiger partial charge in [-0.15, -0.1) is 0 Å². The lowest BCUT2D eigenvalue weighted by molar-refractivity contribution is -0.120. The fraction of sp³-hybridized carbons (Fsp3) is 0.160. The first-order valence-corrected chi connectivity index (χ1v) is 10.1. The van der Waals surface area contributed by atoms with Gasteiger partial charge < -0.3 is 19.4 Å². The monoisotopic (exact) mass is 416 g/mol. The number of carbonyl (C=O) groups excluding carboxylic acids is 1. The van der Waals surface area contributed by atoms with Gasteiger partial charge in [-0.25, -0.2) is 4.39 Å². The van der Waals surface area contributed by atoms with E-state index in [2.05, 4.69) is 9.88 Å². The molecule has 0 saturated heterocycles. The third-order valence-corrected chi connectivity index (χ3v) is 5.41. The fourth-order valence-corrected chi connectivity index (χ4v) is 3.87. The second-order valence-electron chi connectivity index (χ2n) is 7.57. The molecule has 0 fully saturated rings. The van der Waals surface area contributed by atoms with Crippen molar-refractivity contribution in [1.29, 1.82) is 0 Å². The molecule has 2 heterocycles. The van der Waals surface area contributed by atoms with Crippen LogP contribution in [0.4, 0.5) is 4.39 Å². The number of carbonyl (C=O) groups is 1. The normalized spacial score (nSPS) is 12.3. The fourth-order valence-electron chi connectivity index (χ4n) is 3.87. The van der Waals surface area contributed by atoms with Gasteiger partial charge in [0.05, 0.1) is 6.42 Å². The Bertz CT molecular complexity index is 1250. The van der Waals surface area contributed by atoms with Crippen LogP contribution in [0.15, 0.2) is 72.9 Å². The van der Waals surface area contributed by atoms with Crippen LogP contribution in [-0.2, 0) is 24.3 Å². The summed E-state index contributed by atoms with van der Waals surface area (Å²) < 4.78 is 26.0. The maximum Gasteiger partial charge on any atom is 0.231 e. The highest BCUT2D eigenvalue weighted by atomic mass is 19.1. The van der Waals surface area contributed by atoms with Gasteiger partial charge in [-0.2, -0.15) is 0 Å². The minimum Gasteiger partial charge on any atom is -0.454 e. The predicted molar refractivity (Wildman–Crippen MR) is 116 cm³/mol. The van der Waals surface area contributed by atoms with Crippen LogP contribution in [0.5, 0.6) is 11.5 Å². The van der Waals surface area contributed by atoms with Crippen LogP contribution in [0, 0.1) is 5.82 Å². The molecule has 0 unspecified atom stereocenters. The van der Waals surface area contributed by atoms with Crippen LogP contribution in [0.25, 0.3) is 10.9 Å². The summed E-state index contributed by atoms with van der Waals surface area (Å²) in [6.45, 7) is 1.26. The Morgan fingerprint density at radius 3 is 2.61 bits per heavy atom. The third-order valence-electron chi connectivity index (χ3n) is 5.41. The first kappa shape index (κ1) is 19.2. The maximum atomic E-state index is 13.2. The zero-order valence-electron chi connectivity index (χ0n) is 16.8. The van der Waals surface area contributed by atoms with Gasteiger partial charge in [0.2, 0.25) is 12.7 Å². The van der Waals surface area contributed by atoms with Crippen molar-refractivity contribution in [2.45, 2.75) is 19.5 Å². The topological polar surface area (TPSA) is 52.5 Å². The molecule has 1 aliphatic heterocycles. The SMILES string of the molecule is O=C(Cc1cn(Cc2ccc(F)cc2)c2ccccc12)NCc1ccc2c(c1)OCO2. The van der Waals surface area contributed by atoms with Gasteiger partial charge in [0, 0.05) is 30.2 Å². The Morgan fingerprint density at radius 1 is 0.968 bits per heavy atom. The zero-order chi connectivity index (χ0) is 21.2. The van der Waals surface area contributed by atoms with E-state index in [9.17, 15) is 9.18 Å². The highest BCUT2D eigenvalue weighted by Crippen LogP contribution is 2.32. The Kier molecular flexibility index (Phi) is 5.04. The molecule has 6 heteroatoms. The lowest BCUT2D eigenvalue weighted by Gasteiger charge is -2.06. The summed E-state index contributed by atoms with van der Waals surface area (Å²) >= 11 is 0. The van der Waals surface area contributed by atoms with Crippen molar-refractivity contribution in [3.05, 3.63) is 95.4 Å². The third kappa shape index (κ3) is 4.10. The van der Waals surface area contributed by atoms with Gasteiger partial charge in [0.25, 0.3) is 0 Å².